The number of Topliss-reactive ketones (excluding diaryl/α,β-unsaturated/α-hetero) is 1. The second-order valence-electron chi connectivity index (χ2n) is 5.94. The molecule has 3 aromatic rings. The van der Waals surface area contributed by atoms with Crippen LogP contribution in [0, 0.1) is 0 Å². The topological polar surface area (TPSA) is 70.4 Å². The third-order valence-electron chi connectivity index (χ3n) is 4.37. The van der Waals surface area contributed by atoms with E-state index in [0.29, 0.717) is 17.3 Å². The summed E-state index contributed by atoms with van der Waals surface area (Å²) in [4.78, 5) is 12.6. The fourth-order valence-electron chi connectivity index (χ4n) is 2.82. The molecule has 2 aromatic carbocycles. The van der Waals surface area contributed by atoms with E-state index in [-0.39, 0.29) is 29.3 Å². The number of ether oxygens (including phenoxy) is 2. The van der Waals surface area contributed by atoms with E-state index in [4.69, 9.17) is 15.2 Å². The second kappa shape index (κ2) is 8.73. The van der Waals surface area contributed by atoms with Crippen LogP contribution in [0.25, 0.3) is 11.3 Å². The lowest BCUT2D eigenvalue weighted by atomic mass is 10.1. The first-order valence-electron chi connectivity index (χ1n) is 8.19. The number of anilines is 1. The lowest BCUT2D eigenvalue weighted by molar-refractivity contribution is -0.667. The lowest BCUT2D eigenvalue weighted by Gasteiger charge is -2.03. The molecule has 0 saturated heterocycles. The van der Waals surface area contributed by atoms with E-state index < -0.39 is 0 Å². The largest absolute Gasteiger partial charge is 1.00 e. The molecule has 0 amide bonds. The van der Waals surface area contributed by atoms with Gasteiger partial charge >= 0.3 is 5.95 Å². The summed E-state index contributed by atoms with van der Waals surface area (Å²) in [6.45, 7) is 0.156. The molecule has 0 atom stereocenters. The minimum atomic E-state index is -0.0347. The van der Waals surface area contributed by atoms with E-state index in [2.05, 4.69) is 0 Å². The number of carbonyl (C=O) groups excluding carboxylic acids is 1. The Morgan fingerprint density at radius 2 is 1.74 bits per heavy atom. The number of methoxy groups -OCH3 is 2. The Balaban J connectivity index is 0.00000261. The van der Waals surface area contributed by atoms with Crippen LogP contribution in [0.3, 0.4) is 0 Å². The molecule has 1 aromatic heterocycles. The van der Waals surface area contributed by atoms with Crippen molar-refractivity contribution in [2.45, 2.75) is 6.54 Å². The first-order valence-corrected chi connectivity index (χ1v) is 8.19. The van der Waals surface area contributed by atoms with Gasteiger partial charge in [-0.05, 0) is 36.4 Å². The van der Waals surface area contributed by atoms with Crippen molar-refractivity contribution in [2.24, 2.45) is 7.05 Å². The highest BCUT2D eigenvalue weighted by Crippen LogP contribution is 2.23. The number of ketones is 1. The van der Waals surface area contributed by atoms with Gasteiger partial charge in [0.05, 0.1) is 21.3 Å². The maximum absolute atomic E-state index is 12.6. The Morgan fingerprint density at radius 3 is 2.37 bits per heavy atom. The normalized spacial score (nSPS) is 10.2. The van der Waals surface area contributed by atoms with Gasteiger partial charge in [0.1, 0.15) is 29.9 Å². The lowest BCUT2D eigenvalue weighted by Crippen LogP contribution is -3.00. The number of hydrogen-bond acceptors (Lipinski definition) is 4. The molecular formula is C20H22BrN3O3. The average molecular weight is 432 g/mol. The summed E-state index contributed by atoms with van der Waals surface area (Å²) < 4.78 is 14.0. The zero-order valence-electron chi connectivity index (χ0n) is 15.5. The molecule has 0 radical (unpaired) electrons. The van der Waals surface area contributed by atoms with Gasteiger partial charge < -0.3 is 26.5 Å². The van der Waals surface area contributed by atoms with E-state index >= 15 is 0 Å². The minimum absolute atomic E-state index is 0. The number of imidazole rings is 1. The quantitative estimate of drug-likeness (QED) is 0.420. The first-order chi connectivity index (χ1) is 12.5. The Morgan fingerprint density at radius 1 is 1.07 bits per heavy atom. The van der Waals surface area contributed by atoms with Gasteiger partial charge in [-0.3, -0.25) is 10.5 Å². The summed E-state index contributed by atoms with van der Waals surface area (Å²) in [5.41, 5.74) is 8.71. The van der Waals surface area contributed by atoms with Crippen molar-refractivity contribution in [1.82, 2.24) is 4.57 Å². The number of nitrogen functional groups attached to an aromatic ring is 1. The molecule has 0 aliphatic heterocycles. The van der Waals surface area contributed by atoms with Crippen molar-refractivity contribution >= 4 is 11.7 Å². The monoisotopic (exact) mass is 431 g/mol. The Kier molecular flexibility index (Phi) is 6.63. The highest BCUT2D eigenvalue weighted by molar-refractivity contribution is 5.95. The van der Waals surface area contributed by atoms with Crippen molar-refractivity contribution < 1.29 is 35.8 Å². The minimum Gasteiger partial charge on any atom is -1.00 e. The maximum Gasteiger partial charge on any atom is 0.355 e. The molecule has 2 N–H and O–H groups in total. The van der Waals surface area contributed by atoms with Crippen molar-refractivity contribution in [1.29, 1.82) is 0 Å². The molecule has 27 heavy (non-hydrogen) atoms. The van der Waals surface area contributed by atoms with E-state index in [1.54, 1.807) is 37.0 Å². The Hall–Kier alpha value is -2.80. The van der Waals surface area contributed by atoms with Crippen molar-refractivity contribution in [3.05, 3.63) is 60.3 Å². The van der Waals surface area contributed by atoms with Gasteiger partial charge in [-0.25, -0.2) is 9.13 Å². The number of nitrogens with zero attached hydrogens (tertiary/aromatic N) is 2. The number of benzene rings is 2. The molecular weight excluding hydrogens is 410 g/mol. The predicted octanol–water partition coefficient (Wildman–Crippen LogP) is -0.534. The second-order valence-corrected chi connectivity index (χ2v) is 5.94. The Bertz CT molecular complexity index is 936. The summed E-state index contributed by atoms with van der Waals surface area (Å²) in [6.07, 6.45) is 1.88. The number of carbonyl (C=O) groups is 1. The van der Waals surface area contributed by atoms with Crippen LogP contribution in [0.15, 0.2) is 54.7 Å². The average Bonchev–Trinajstić information content (AvgIpc) is 2.96. The highest BCUT2D eigenvalue weighted by Gasteiger charge is 2.20. The molecule has 1 heterocycles. The van der Waals surface area contributed by atoms with Crippen molar-refractivity contribution in [3.63, 3.8) is 0 Å². The van der Waals surface area contributed by atoms with Gasteiger partial charge in [-0.15, -0.1) is 0 Å². The van der Waals surface area contributed by atoms with Crippen LogP contribution in [0.2, 0.25) is 0 Å². The number of halogens is 1. The van der Waals surface area contributed by atoms with Crippen molar-refractivity contribution in [3.8, 4) is 22.8 Å². The predicted molar refractivity (Wildman–Crippen MR) is 99.3 cm³/mol. The Labute approximate surface area is 168 Å². The van der Waals surface area contributed by atoms with Gasteiger partial charge in [0, 0.05) is 11.1 Å². The van der Waals surface area contributed by atoms with Crippen LogP contribution in [0.1, 0.15) is 10.4 Å². The molecule has 7 heteroatoms. The van der Waals surface area contributed by atoms with Gasteiger partial charge in [0.15, 0.2) is 5.78 Å². The van der Waals surface area contributed by atoms with Gasteiger partial charge in [-0.2, -0.15) is 0 Å². The molecule has 0 saturated carbocycles. The first kappa shape index (κ1) is 20.5. The van der Waals surface area contributed by atoms with Crippen LogP contribution >= 0.6 is 0 Å². The molecule has 0 bridgehead atoms. The number of rotatable bonds is 6. The molecule has 142 valence electrons. The summed E-state index contributed by atoms with van der Waals surface area (Å²) in [7, 11) is 5.09. The SMILES string of the molecule is COc1ccc(-c2c[n+](CC(=O)c3cccc(OC)c3)c(N)n2C)cc1.[Br-]. The standard InChI is InChI=1S/C20H21N3O3.BrH/c1-22-18(14-7-9-16(25-2)10-8-14)12-23(20(22)21)13-19(24)15-5-4-6-17(11-15)26-3;/h4-12,21H,13H2,1-3H3;1H. The summed E-state index contributed by atoms with van der Waals surface area (Å²) in [6, 6.07) is 14.8. The zero-order valence-corrected chi connectivity index (χ0v) is 17.1. The molecule has 3 rings (SSSR count). The van der Waals surface area contributed by atoms with Crippen LogP contribution in [0.5, 0.6) is 11.5 Å². The van der Waals surface area contributed by atoms with Crippen LogP contribution in [-0.4, -0.2) is 24.6 Å². The van der Waals surface area contributed by atoms with E-state index in [0.717, 1.165) is 17.0 Å². The highest BCUT2D eigenvalue weighted by atomic mass is 79.9. The molecule has 0 aliphatic rings. The van der Waals surface area contributed by atoms with Crippen LogP contribution in [-0.2, 0) is 13.6 Å². The summed E-state index contributed by atoms with van der Waals surface area (Å²) in [5.74, 6) is 1.91. The molecule has 6 nitrogen and oxygen atoms in total. The maximum atomic E-state index is 12.6. The summed E-state index contributed by atoms with van der Waals surface area (Å²) >= 11 is 0. The molecule has 0 unspecified atom stereocenters. The van der Waals surface area contributed by atoms with Gasteiger partial charge in [0.25, 0.3) is 0 Å². The third kappa shape index (κ3) is 4.31. The molecule has 0 spiro atoms. The fraction of sp³-hybridized carbons (Fsp3) is 0.200. The smallest absolute Gasteiger partial charge is 0.355 e. The number of aromatic nitrogens is 2. The number of hydrogen-bond donors (Lipinski definition) is 1. The fourth-order valence-corrected chi connectivity index (χ4v) is 2.82. The molecule has 0 aliphatic carbocycles. The van der Waals surface area contributed by atoms with Crippen LogP contribution in [0.4, 0.5) is 5.95 Å². The van der Waals surface area contributed by atoms with Gasteiger partial charge in [0.2, 0.25) is 0 Å². The third-order valence-corrected chi connectivity index (χ3v) is 4.37. The van der Waals surface area contributed by atoms with E-state index in [9.17, 15) is 4.79 Å². The number of nitrogens with two attached hydrogens (primary N) is 1. The summed E-state index contributed by atoms with van der Waals surface area (Å²) in [5, 5.41) is 0. The molecule has 0 fully saturated rings. The van der Waals surface area contributed by atoms with Gasteiger partial charge in [-0.1, -0.05) is 12.1 Å². The van der Waals surface area contributed by atoms with Crippen molar-refractivity contribution in [2.75, 3.05) is 20.0 Å². The van der Waals surface area contributed by atoms with E-state index in [1.807, 2.05) is 48.1 Å². The van der Waals surface area contributed by atoms with Crippen LogP contribution < -0.4 is 36.8 Å². The van der Waals surface area contributed by atoms with E-state index in [1.165, 1.54) is 0 Å². The zero-order chi connectivity index (χ0) is 18.7.